The minimum Gasteiger partial charge on any atom is -0.480 e. The molecule has 0 saturated carbocycles. The number of aryl methyl sites for hydroxylation is 1. The van der Waals surface area contributed by atoms with Gasteiger partial charge in [0, 0.05) is 12.0 Å². The molecule has 0 fully saturated rings. The van der Waals surface area contributed by atoms with Crippen molar-refractivity contribution in [2.45, 2.75) is 25.3 Å². The highest BCUT2D eigenvalue weighted by atomic mass is 19.1. The number of fused-ring (bicyclic) bond motifs is 1. The van der Waals surface area contributed by atoms with Crippen LogP contribution in [0.15, 0.2) is 24.3 Å². The fourth-order valence-electron chi connectivity index (χ4n) is 2.33. The van der Waals surface area contributed by atoms with Gasteiger partial charge in [-0.05, 0) is 25.0 Å². The third-order valence-electron chi connectivity index (χ3n) is 3.24. The van der Waals surface area contributed by atoms with Crippen LogP contribution in [0.3, 0.4) is 0 Å². The monoisotopic (exact) mass is 261 g/mol. The van der Waals surface area contributed by atoms with E-state index < -0.39 is 12.0 Å². The molecule has 0 bridgehead atoms. The first-order valence-electron chi connectivity index (χ1n) is 6.09. The van der Waals surface area contributed by atoms with Crippen LogP contribution in [0.2, 0.25) is 0 Å². The summed E-state index contributed by atoms with van der Waals surface area (Å²) in [5.41, 5.74) is 0.561. The molecule has 1 aromatic heterocycles. The second-order valence-corrected chi connectivity index (χ2v) is 4.55. The van der Waals surface area contributed by atoms with E-state index in [-0.39, 0.29) is 5.82 Å². The van der Waals surface area contributed by atoms with Gasteiger partial charge in [-0.3, -0.25) is 0 Å². The fraction of sp³-hybridized carbons (Fsp3) is 0.308. The summed E-state index contributed by atoms with van der Waals surface area (Å²) in [7, 11) is 0. The Morgan fingerprint density at radius 2 is 2.32 bits per heavy atom. The second kappa shape index (κ2) is 4.46. The van der Waals surface area contributed by atoms with Crippen LogP contribution in [-0.4, -0.2) is 25.8 Å². The van der Waals surface area contributed by atoms with Gasteiger partial charge in [-0.25, -0.2) is 18.9 Å². The van der Waals surface area contributed by atoms with Gasteiger partial charge >= 0.3 is 5.97 Å². The Bertz CT molecular complexity index is 639. The summed E-state index contributed by atoms with van der Waals surface area (Å²) in [4.78, 5) is 15.5. The predicted octanol–water partition coefficient (Wildman–Crippen LogP) is 2.05. The molecule has 19 heavy (non-hydrogen) atoms. The lowest BCUT2D eigenvalue weighted by atomic mass is 10.1. The largest absolute Gasteiger partial charge is 0.480 e. The number of carboxylic acids is 1. The van der Waals surface area contributed by atoms with E-state index in [0.29, 0.717) is 30.1 Å². The summed E-state index contributed by atoms with van der Waals surface area (Å²) in [5.74, 6) is -0.239. The van der Waals surface area contributed by atoms with Gasteiger partial charge in [-0.15, -0.1) is 5.10 Å². The van der Waals surface area contributed by atoms with Crippen molar-refractivity contribution in [3.8, 4) is 11.4 Å². The van der Waals surface area contributed by atoms with Gasteiger partial charge in [0.1, 0.15) is 11.6 Å². The topological polar surface area (TPSA) is 68.0 Å². The van der Waals surface area contributed by atoms with E-state index in [1.165, 1.54) is 16.8 Å². The van der Waals surface area contributed by atoms with Crippen LogP contribution in [0.1, 0.15) is 24.7 Å². The lowest BCUT2D eigenvalue weighted by molar-refractivity contribution is -0.141. The average molecular weight is 261 g/mol. The van der Waals surface area contributed by atoms with E-state index in [2.05, 4.69) is 10.1 Å². The highest BCUT2D eigenvalue weighted by Gasteiger charge is 2.28. The van der Waals surface area contributed by atoms with E-state index in [0.717, 1.165) is 6.42 Å². The van der Waals surface area contributed by atoms with Gasteiger partial charge in [0.05, 0.1) is 0 Å². The predicted molar refractivity (Wildman–Crippen MR) is 65.0 cm³/mol. The normalized spacial score (nSPS) is 18.1. The van der Waals surface area contributed by atoms with E-state index in [4.69, 9.17) is 5.11 Å². The van der Waals surface area contributed by atoms with Gasteiger partial charge < -0.3 is 5.11 Å². The zero-order chi connectivity index (χ0) is 13.4. The summed E-state index contributed by atoms with van der Waals surface area (Å²) in [6.45, 7) is 0. The van der Waals surface area contributed by atoms with E-state index in [1.54, 1.807) is 12.1 Å². The van der Waals surface area contributed by atoms with Gasteiger partial charge in [0.2, 0.25) is 0 Å². The Kier molecular flexibility index (Phi) is 2.77. The minimum absolute atomic E-state index is 0.361. The van der Waals surface area contributed by atoms with Crippen molar-refractivity contribution in [1.29, 1.82) is 0 Å². The third-order valence-corrected chi connectivity index (χ3v) is 3.24. The molecule has 0 aliphatic carbocycles. The fourth-order valence-corrected chi connectivity index (χ4v) is 2.33. The van der Waals surface area contributed by atoms with Crippen LogP contribution >= 0.6 is 0 Å². The number of carbonyl (C=O) groups is 1. The Hall–Kier alpha value is -2.24. The Morgan fingerprint density at radius 3 is 3.05 bits per heavy atom. The number of hydrogen-bond donors (Lipinski definition) is 1. The lowest BCUT2D eigenvalue weighted by Gasteiger charge is -2.19. The molecule has 98 valence electrons. The molecule has 1 unspecified atom stereocenters. The smallest absolute Gasteiger partial charge is 0.328 e. The van der Waals surface area contributed by atoms with Crippen molar-refractivity contribution >= 4 is 5.97 Å². The molecule has 6 heteroatoms. The third kappa shape index (κ3) is 2.09. The molecule has 3 rings (SSSR count). The summed E-state index contributed by atoms with van der Waals surface area (Å²) in [6.07, 6.45) is 2.03. The molecule has 0 amide bonds. The molecule has 0 saturated heterocycles. The first-order valence-corrected chi connectivity index (χ1v) is 6.09. The van der Waals surface area contributed by atoms with Crippen LogP contribution in [0.25, 0.3) is 11.4 Å². The van der Waals surface area contributed by atoms with Crippen LogP contribution in [0.4, 0.5) is 4.39 Å². The SMILES string of the molecule is O=C(O)C1CCCc2nc(-c3cccc(F)c3)nn21. The quantitative estimate of drug-likeness (QED) is 0.898. The van der Waals surface area contributed by atoms with Crippen LogP contribution in [-0.2, 0) is 11.2 Å². The number of halogens is 1. The number of nitrogens with zero attached hydrogens (tertiary/aromatic N) is 3. The maximum Gasteiger partial charge on any atom is 0.328 e. The molecule has 2 heterocycles. The summed E-state index contributed by atoms with van der Waals surface area (Å²) >= 11 is 0. The average Bonchev–Trinajstić information content (AvgIpc) is 2.82. The van der Waals surface area contributed by atoms with Crippen molar-refractivity contribution in [2.75, 3.05) is 0 Å². The number of benzene rings is 1. The number of aromatic nitrogens is 3. The summed E-state index contributed by atoms with van der Waals surface area (Å²) in [6, 6.07) is 5.31. The zero-order valence-electron chi connectivity index (χ0n) is 10.1. The number of hydrogen-bond acceptors (Lipinski definition) is 3. The molecular weight excluding hydrogens is 249 g/mol. The van der Waals surface area contributed by atoms with Crippen molar-refractivity contribution in [3.05, 3.63) is 35.9 Å². The molecule has 1 atom stereocenters. The maximum absolute atomic E-state index is 13.2. The van der Waals surface area contributed by atoms with Crippen molar-refractivity contribution in [2.24, 2.45) is 0 Å². The van der Waals surface area contributed by atoms with Gasteiger partial charge in [-0.2, -0.15) is 0 Å². The molecule has 5 nitrogen and oxygen atoms in total. The molecule has 1 aliphatic rings. The number of aliphatic carboxylic acids is 1. The van der Waals surface area contributed by atoms with Crippen molar-refractivity contribution in [1.82, 2.24) is 14.8 Å². The minimum atomic E-state index is -0.906. The lowest BCUT2D eigenvalue weighted by Crippen LogP contribution is -2.25. The number of carboxylic acid groups (broad SMARTS) is 1. The van der Waals surface area contributed by atoms with Gasteiger partial charge in [0.15, 0.2) is 11.9 Å². The highest BCUT2D eigenvalue weighted by molar-refractivity contribution is 5.72. The standard InChI is InChI=1S/C13H12FN3O2/c14-9-4-1-3-8(7-9)12-15-11-6-2-5-10(13(18)19)17(11)16-12/h1,3-4,7,10H,2,5-6H2,(H,18,19). The van der Waals surface area contributed by atoms with Crippen molar-refractivity contribution < 1.29 is 14.3 Å². The maximum atomic E-state index is 13.2. The molecular formula is C13H12FN3O2. The first-order chi connectivity index (χ1) is 9.15. The zero-order valence-corrected chi connectivity index (χ0v) is 10.1. The van der Waals surface area contributed by atoms with Crippen molar-refractivity contribution in [3.63, 3.8) is 0 Å². The molecule has 1 aromatic carbocycles. The van der Waals surface area contributed by atoms with Crippen LogP contribution in [0, 0.1) is 5.82 Å². The molecule has 0 spiro atoms. The van der Waals surface area contributed by atoms with E-state index in [9.17, 15) is 9.18 Å². The second-order valence-electron chi connectivity index (χ2n) is 4.55. The molecule has 1 aliphatic heterocycles. The van der Waals surface area contributed by atoms with Gasteiger partial charge in [0.25, 0.3) is 0 Å². The van der Waals surface area contributed by atoms with Crippen LogP contribution in [0.5, 0.6) is 0 Å². The highest BCUT2D eigenvalue weighted by Crippen LogP contribution is 2.26. The first kappa shape index (κ1) is 11.8. The van der Waals surface area contributed by atoms with E-state index in [1.807, 2.05) is 0 Å². The molecule has 2 aromatic rings. The molecule has 0 radical (unpaired) electrons. The Morgan fingerprint density at radius 1 is 1.47 bits per heavy atom. The van der Waals surface area contributed by atoms with Gasteiger partial charge in [-0.1, -0.05) is 12.1 Å². The summed E-state index contributed by atoms with van der Waals surface area (Å²) < 4.78 is 14.6. The Balaban J connectivity index is 2.04. The van der Waals surface area contributed by atoms with E-state index >= 15 is 0 Å². The van der Waals surface area contributed by atoms with Crippen LogP contribution < -0.4 is 0 Å². The Labute approximate surface area is 108 Å². The summed E-state index contributed by atoms with van der Waals surface area (Å²) in [5, 5.41) is 13.4. The number of rotatable bonds is 2. The molecule has 1 N–H and O–H groups in total.